The van der Waals surface area contributed by atoms with Gasteiger partial charge in [-0.25, -0.2) is 9.78 Å². The SMILES string of the molecule is O=C(OCCCc1ccc(CO)nc1)c1cc2cc(Br)cnc2[nH]c1=O. The highest BCUT2D eigenvalue weighted by atomic mass is 79.9. The van der Waals surface area contributed by atoms with E-state index in [-0.39, 0.29) is 18.8 Å². The van der Waals surface area contributed by atoms with Crippen LogP contribution in [0.25, 0.3) is 11.0 Å². The summed E-state index contributed by atoms with van der Waals surface area (Å²) >= 11 is 3.31. The number of rotatable bonds is 6. The number of H-pyrrole nitrogens is 1. The Morgan fingerprint density at radius 2 is 2.08 bits per heavy atom. The molecule has 0 amide bonds. The van der Waals surface area contributed by atoms with Crippen LogP contribution in [0.1, 0.15) is 28.0 Å². The van der Waals surface area contributed by atoms with Gasteiger partial charge in [-0.15, -0.1) is 0 Å². The lowest BCUT2D eigenvalue weighted by atomic mass is 10.1. The van der Waals surface area contributed by atoms with Gasteiger partial charge < -0.3 is 14.8 Å². The minimum absolute atomic E-state index is 0.0497. The lowest BCUT2D eigenvalue weighted by Crippen LogP contribution is -2.20. The number of fused-ring (bicyclic) bond motifs is 1. The summed E-state index contributed by atoms with van der Waals surface area (Å²) in [5.41, 5.74) is 1.43. The second-order valence-corrected chi connectivity index (χ2v) is 6.57. The van der Waals surface area contributed by atoms with E-state index in [1.165, 1.54) is 6.07 Å². The van der Waals surface area contributed by atoms with Crippen molar-refractivity contribution in [3.63, 3.8) is 0 Å². The van der Waals surface area contributed by atoms with Crippen LogP contribution in [0.3, 0.4) is 0 Å². The molecule has 0 saturated heterocycles. The fourth-order valence-corrected chi connectivity index (χ4v) is 2.78. The highest BCUT2D eigenvalue weighted by Gasteiger charge is 2.14. The van der Waals surface area contributed by atoms with E-state index in [4.69, 9.17) is 9.84 Å². The lowest BCUT2D eigenvalue weighted by Gasteiger charge is -2.06. The van der Waals surface area contributed by atoms with Gasteiger partial charge in [0.25, 0.3) is 5.56 Å². The van der Waals surface area contributed by atoms with Crippen LogP contribution in [-0.4, -0.2) is 32.6 Å². The van der Waals surface area contributed by atoms with E-state index >= 15 is 0 Å². The smallest absolute Gasteiger partial charge is 0.343 e. The Bertz CT molecular complexity index is 986. The predicted molar refractivity (Wildman–Crippen MR) is 98.8 cm³/mol. The van der Waals surface area contributed by atoms with Crippen molar-refractivity contribution in [3.8, 4) is 0 Å². The molecule has 0 bridgehead atoms. The van der Waals surface area contributed by atoms with Crippen molar-refractivity contribution < 1.29 is 14.6 Å². The monoisotopic (exact) mass is 417 g/mol. The average molecular weight is 418 g/mol. The number of nitrogens with zero attached hydrogens (tertiary/aromatic N) is 2. The summed E-state index contributed by atoms with van der Waals surface area (Å²) in [4.78, 5) is 35.0. The van der Waals surface area contributed by atoms with E-state index in [1.807, 2.05) is 6.07 Å². The number of pyridine rings is 3. The first kappa shape index (κ1) is 18.2. The molecule has 0 unspecified atom stereocenters. The Morgan fingerprint density at radius 1 is 1.23 bits per heavy atom. The van der Waals surface area contributed by atoms with Gasteiger partial charge in [-0.3, -0.25) is 9.78 Å². The van der Waals surface area contributed by atoms with Gasteiger partial charge in [0.15, 0.2) is 0 Å². The van der Waals surface area contributed by atoms with Crippen molar-refractivity contribution in [2.75, 3.05) is 6.61 Å². The molecule has 0 aliphatic carbocycles. The van der Waals surface area contributed by atoms with Crippen LogP contribution < -0.4 is 5.56 Å². The zero-order valence-corrected chi connectivity index (χ0v) is 15.3. The summed E-state index contributed by atoms with van der Waals surface area (Å²) in [6.45, 7) is 0.0963. The maximum atomic E-state index is 12.2. The second-order valence-electron chi connectivity index (χ2n) is 5.66. The largest absolute Gasteiger partial charge is 0.462 e. The van der Waals surface area contributed by atoms with Crippen LogP contribution in [0.2, 0.25) is 0 Å². The van der Waals surface area contributed by atoms with E-state index in [0.717, 1.165) is 10.0 Å². The molecule has 0 fully saturated rings. The molecule has 134 valence electrons. The number of hydrogen-bond acceptors (Lipinski definition) is 6. The minimum Gasteiger partial charge on any atom is -0.462 e. The van der Waals surface area contributed by atoms with Crippen molar-refractivity contribution >= 4 is 32.9 Å². The Labute approximate surface area is 157 Å². The third-order valence-electron chi connectivity index (χ3n) is 3.77. The average Bonchev–Trinajstić information content (AvgIpc) is 2.65. The molecule has 7 nitrogen and oxygen atoms in total. The standard InChI is InChI=1S/C18H16BrN3O4/c19-13-6-12-7-15(17(24)22-16(12)21-9-13)18(25)26-5-1-2-11-3-4-14(10-23)20-8-11/h3-4,6-9,23H,1-2,5,10H2,(H,21,22,24). The Morgan fingerprint density at radius 3 is 2.81 bits per heavy atom. The van der Waals surface area contributed by atoms with Crippen LogP contribution >= 0.6 is 15.9 Å². The van der Waals surface area contributed by atoms with Gasteiger partial charge in [0.05, 0.1) is 18.9 Å². The number of carbonyl (C=O) groups excluding carboxylic acids is 1. The van der Waals surface area contributed by atoms with Crippen molar-refractivity contribution in [3.05, 3.63) is 68.3 Å². The normalized spacial score (nSPS) is 10.8. The minimum atomic E-state index is -0.665. The maximum Gasteiger partial charge on any atom is 0.343 e. The molecule has 26 heavy (non-hydrogen) atoms. The molecule has 0 aliphatic heterocycles. The summed E-state index contributed by atoms with van der Waals surface area (Å²) in [6.07, 6.45) is 4.53. The number of aliphatic hydroxyl groups excluding tert-OH is 1. The van der Waals surface area contributed by atoms with E-state index in [1.54, 1.807) is 24.5 Å². The zero-order chi connectivity index (χ0) is 18.5. The summed E-state index contributed by atoms with van der Waals surface area (Å²) in [5, 5.41) is 9.60. The predicted octanol–water partition coefficient (Wildman–Crippen LogP) is 2.36. The van der Waals surface area contributed by atoms with E-state index in [9.17, 15) is 9.59 Å². The third kappa shape index (κ3) is 4.33. The van der Waals surface area contributed by atoms with Crippen molar-refractivity contribution in [1.29, 1.82) is 0 Å². The van der Waals surface area contributed by atoms with Crippen LogP contribution in [0.15, 0.2) is 45.9 Å². The number of aromatic nitrogens is 3. The highest BCUT2D eigenvalue weighted by molar-refractivity contribution is 9.10. The number of aliphatic hydroxyl groups is 1. The zero-order valence-electron chi connectivity index (χ0n) is 13.7. The van der Waals surface area contributed by atoms with Crippen LogP contribution in [0.4, 0.5) is 0 Å². The van der Waals surface area contributed by atoms with Crippen molar-refractivity contribution in [2.45, 2.75) is 19.4 Å². The first-order valence-corrected chi connectivity index (χ1v) is 8.76. The first-order chi connectivity index (χ1) is 12.6. The quantitative estimate of drug-likeness (QED) is 0.471. The fourth-order valence-electron chi connectivity index (χ4n) is 2.43. The van der Waals surface area contributed by atoms with Crippen LogP contribution in [0, 0.1) is 0 Å². The van der Waals surface area contributed by atoms with Gasteiger partial charge in [-0.05, 0) is 52.5 Å². The molecule has 0 aliphatic rings. The number of nitrogens with one attached hydrogen (secondary N) is 1. The first-order valence-electron chi connectivity index (χ1n) is 7.97. The van der Waals surface area contributed by atoms with E-state index in [2.05, 4.69) is 30.9 Å². The third-order valence-corrected chi connectivity index (χ3v) is 4.20. The number of hydrogen-bond donors (Lipinski definition) is 2. The second kappa shape index (κ2) is 8.20. The number of carbonyl (C=O) groups is 1. The van der Waals surface area contributed by atoms with Gasteiger partial charge >= 0.3 is 5.97 Å². The Kier molecular flexibility index (Phi) is 5.75. The maximum absolute atomic E-state index is 12.2. The molecule has 2 N–H and O–H groups in total. The van der Waals surface area contributed by atoms with Crippen molar-refractivity contribution in [1.82, 2.24) is 15.0 Å². The molecule has 3 aromatic rings. The number of aromatic amines is 1. The van der Waals surface area contributed by atoms with Crippen LogP contribution in [-0.2, 0) is 17.8 Å². The van der Waals surface area contributed by atoms with Crippen molar-refractivity contribution in [2.24, 2.45) is 0 Å². The van der Waals surface area contributed by atoms with E-state index in [0.29, 0.717) is 29.6 Å². The molecule has 0 saturated carbocycles. The topological polar surface area (TPSA) is 105 Å². The number of aryl methyl sites for hydroxylation is 1. The Balaban J connectivity index is 1.60. The number of halogens is 1. The summed E-state index contributed by atoms with van der Waals surface area (Å²) in [6, 6.07) is 6.87. The summed E-state index contributed by atoms with van der Waals surface area (Å²) < 4.78 is 5.95. The van der Waals surface area contributed by atoms with Gasteiger partial charge in [0, 0.05) is 22.3 Å². The summed E-state index contributed by atoms with van der Waals surface area (Å²) in [7, 11) is 0. The fraction of sp³-hybridized carbons (Fsp3) is 0.222. The molecule has 0 aromatic carbocycles. The summed E-state index contributed by atoms with van der Waals surface area (Å²) in [5.74, 6) is -0.665. The van der Waals surface area contributed by atoms with Gasteiger partial charge in [-0.2, -0.15) is 0 Å². The molecule has 3 rings (SSSR count). The van der Waals surface area contributed by atoms with Gasteiger partial charge in [0.1, 0.15) is 11.2 Å². The van der Waals surface area contributed by atoms with Crippen LogP contribution in [0.5, 0.6) is 0 Å². The molecule has 3 aromatic heterocycles. The molecular weight excluding hydrogens is 402 g/mol. The highest BCUT2D eigenvalue weighted by Crippen LogP contribution is 2.15. The molecule has 3 heterocycles. The molecule has 0 spiro atoms. The lowest BCUT2D eigenvalue weighted by molar-refractivity contribution is 0.0498. The Hall–Kier alpha value is -2.58. The molecular formula is C18H16BrN3O4. The molecule has 8 heteroatoms. The number of esters is 1. The molecule has 0 atom stereocenters. The van der Waals surface area contributed by atoms with Gasteiger partial charge in [-0.1, -0.05) is 6.07 Å². The van der Waals surface area contributed by atoms with Gasteiger partial charge in [0.2, 0.25) is 0 Å². The number of ether oxygens (including phenoxy) is 1. The molecule has 0 radical (unpaired) electrons. The van der Waals surface area contributed by atoms with E-state index < -0.39 is 11.5 Å².